The molecule has 1 aromatic heterocycles. The molecule has 0 aliphatic carbocycles. The average molecular weight is 406 g/mol. The summed E-state index contributed by atoms with van der Waals surface area (Å²) in [4.78, 5) is 16.5. The van der Waals surface area contributed by atoms with Gasteiger partial charge in [-0.3, -0.25) is 14.6 Å². The Labute approximate surface area is 163 Å². The molecule has 0 saturated carbocycles. The number of rotatable bonds is 4. The van der Waals surface area contributed by atoms with E-state index in [1.165, 1.54) is 22.9 Å². The number of hydrogen-bond acceptors (Lipinski definition) is 6. The summed E-state index contributed by atoms with van der Waals surface area (Å²) < 4.78 is 38.8. The van der Waals surface area contributed by atoms with Gasteiger partial charge in [-0.15, -0.1) is 0 Å². The van der Waals surface area contributed by atoms with Gasteiger partial charge in [-0.2, -0.15) is 5.10 Å². The third-order valence-corrected chi connectivity index (χ3v) is 7.23. The molecule has 28 heavy (non-hydrogen) atoms. The summed E-state index contributed by atoms with van der Waals surface area (Å²) in [6.45, 7) is 3.32. The quantitative estimate of drug-likeness (QED) is 0.748. The lowest BCUT2D eigenvalue weighted by molar-refractivity contribution is 0.0800. The van der Waals surface area contributed by atoms with Gasteiger partial charge in [0.2, 0.25) is 0 Å². The van der Waals surface area contributed by atoms with Crippen molar-refractivity contribution in [3.63, 3.8) is 0 Å². The van der Waals surface area contributed by atoms with Crippen molar-refractivity contribution in [2.24, 2.45) is 0 Å². The van der Waals surface area contributed by atoms with E-state index < -0.39 is 9.84 Å². The summed E-state index contributed by atoms with van der Waals surface area (Å²) in [5.74, 6) is 0.152. The molecule has 7 nitrogen and oxygen atoms in total. The fourth-order valence-corrected chi connectivity index (χ4v) is 5.65. The minimum Gasteiger partial charge on any atom is -0.297 e. The van der Waals surface area contributed by atoms with Crippen molar-refractivity contribution < 1.29 is 12.8 Å². The van der Waals surface area contributed by atoms with Gasteiger partial charge in [0.1, 0.15) is 5.82 Å². The largest absolute Gasteiger partial charge is 0.297 e. The highest BCUT2D eigenvalue weighted by Gasteiger charge is 2.33. The molecule has 1 atom stereocenters. The summed E-state index contributed by atoms with van der Waals surface area (Å²) in [6.07, 6.45) is 0.702. The molecule has 1 aromatic carbocycles. The van der Waals surface area contributed by atoms with E-state index in [4.69, 9.17) is 0 Å². The second-order valence-electron chi connectivity index (χ2n) is 7.39. The Kier molecular flexibility index (Phi) is 5.31. The van der Waals surface area contributed by atoms with Gasteiger partial charge in [-0.05, 0) is 24.6 Å². The standard InChI is InChI=1S/C19H23FN4O3S/c20-17-4-2-1-3-16(17)18-5-6-19(25)24(21-18)14-22-8-10-23(11-9-22)15-7-12-28(26,27)13-15/h1-6,15H,7-14H2/t15-/m1/s1. The Morgan fingerprint density at radius 1 is 1.07 bits per heavy atom. The maximum atomic E-state index is 14.0. The molecule has 0 spiro atoms. The Bertz CT molecular complexity index is 1020. The predicted octanol–water partition coefficient (Wildman–Crippen LogP) is 0.812. The van der Waals surface area contributed by atoms with Crippen molar-refractivity contribution in [1.29, 1.82) is 0 Å². The summed E-state index contributed by atoms with van der Waals surface area (Å²) in [6, 6.07) is 9.42. The van der Waals surface area contributed by atoms with Gasteiger partial charge in [-0.25, -0.2) is 17.5 Å². The second-order valence-corrected chi connectivity index (χ2v) is 9.62. The van der Waals surface area contributed by atoms with Crippen LogP contribution in [-0.4, -0.2) is 71.7 Å². The summed E-state index contributed by atoms with van der Waals surface area (Å²) in [7, 11) is -2.89. The second kappa shape index (κ2) is 7.73. The first-order valence-electron chi connectivity index (χ1n) is 9.41. The molecule has 0 amide bonds. The molecule has 9 heteroatoms. The van der Waals surface area contributed by atoms with Crippen molar-refractivity contribution in [2.45, 2.75) is 19.1 Å². The van der Waals surface area contributed by atoms with Crippen LogP contribution in [0, 0.1) is 5.82 Å². The van der Waals surface area contributed by atoms with Gasteiger partial charge in [0, 0.05) is 43.9 Å². The van der Waals surface area contributed by atoms with Gasteiger partial charge < -0.3 is 0 Å². The molecule has 150 valence electrons. The zero-order valence-electron chi connectivity index (χ0n) is 15.5. The molecular weight excluding hydrogens is 383 g/mol. The summed E-state index contributed by atoms with van der Waals surface area (Å²) in [5, 5.41) is 4.34. The van der Waals surface area contributed by atoms with Crippen molar-refractivity contribution in [3.05, 3.63) is 52.6 Å². The lowest BCUT2D eigenvalue weighted by Crippen LogP contribution is -2.51. The summed E-state index contributed by atoms with van der Waals surface area (Å²) in [5.41, 5.74) is 0.556. The van der Waals surface area contributed by atoms with Crippen molar-refractivity contribution in [1.82, 2.24) is 19.6 Å². The lowest BCUT2D eigenvalue weighted by Gasteiger charge is -2.37. The molecule has 3 heterocycles. The number of piperazine rings is 1. The molecule has 2 aliphatic rings. The van der Waals surface area contributed by atoms with Crippen LogP contribution in [0.2, 0.25) is 0 Å². The van der Waals surface area contributed by atoms with E-state index in [1.54, 1.807) is 18.2 Å². The first kappa shape index (κ1) is 19.2. The third kappa shape index (κ3) is 4.16. The van der Waals surface area contributed by atoms with Gasteiger partial charge >= 0.3 is 0 Å². The number of aromatic nitrogens is 2. The van der Waals surface area contributed by atoms with Crippen LogP contribution >= 0.6 is 0 Å². The highest BCUT2D eigenvalue weighted by Crippen LogP contribution is 2.20. The van der Waals surface area contributed by atoms with Gasteiger partial charge in [0.05, 0.1) is 23.9 Å². The number of hydrogen-bond donors (Lipinski definition) is 0. The molecule has 0 N–H and O–H groups in total. The normalized spacial score (nSPS) is 23.1. The molecule has 0 unspecified atom stereocenters. The third-order valence-electron chi connectivity index (χ3n) is 5.48. The van der Waals surface area contributed by atoms with E-state index in [-0.39, 0.29) is 28.9 Å². The Balaban J connectivity index is 1.42. The van der Waals surface area contributed by atoms with Crippen LogP contribution in [0.1, 0.15) is 6.42 Å². The number of benzene rings is 1. The highest BCUT2D eigenvalue weighted by molar-refractivity contribution is 7.91. The molecule has 0 radical (unpaired) electrons. The molecule has 4 rings (SSSR count). The van der Waals surface area contributed by atoms with Crippen LogP contribution in [-0.2, 0) is 16.5 Å². The molecular formula is C19H23FN4O3S. The van der Waals surface area contributed by atoms with Crippen LogP contribution < -0.4 is 5.56 Å². The van der Waals surface area contributed by atoms with E-state index >= 15 is 0 Å². The average Bonchev–Trinajstić information content (AvgIpc) is 3.04. The van der Waals surface area contributed by atoms with E-state index in [0.717, 1.165) is 26.2 Å². The van der Waals surface area contributed by atoms with Crippen molar-refractivity contribution >= 4 is 9.84 Å². The number of nitrogens with zero attached hydrogens (tertiary/aromatic N) is 4. The molecule has 2 aromatic rings. The van der Waals surface area contributed by atoms with E-state index in [0.29, 0.717) is 24.3 Å². The van der Waals surface area contributed by atoms with E-state index in [1.807, 2.05) is 0 Å². The SMILES string of the molecule is O=c1ccc(-c2ccccc2F)nn1CN1CCN([C@@H]2CCS(=O)(=O)C2)CC1. The van der Waals surface area contributed by atoms with Gasteiger partial charge in [0.25, 0.3) is 5.56 Å². The van der Waals surface area contributed by atoms with Gasteiger partial charge in [0.15, 0.2) is 9.84 Å². The number of halogens is 1. The minimum absolute atomic E-state index is 0.109. The van der Waals surface area contributed by atoms with Crippen LogP contribution in [0.15, 0.2) is 41.2 Å². The minimum atomic E-state index is -2.89. The molecule has 0 bridgehead atoms. The zero-order chi connectivity index (χ0) is 19.7. The van der Waals surface area contributed by atoms with Crippen molar-refractivity contribution in [2.75, 3.05) is 37.7 Å². The first-order chi connectivity index (χ1) is 13.4. The topological polar surface area (TPSA) is 75.5 Å². The molecule has 2 fully saturated rings. The Morgan fingerprint density at radius 3 is 2.50 bits per heavy atom. The zero-order valence-corrected chi connectivity index (χ0v) is 16.3. The maximum Gasteiger partial charge on any atom is 0.268 e. The van der Waals surface area contributed by atoms with Gasteiger partial charge in [-0.1, -0.05) is 12.1 Å². The molecule has 2 saturated heterocycles. The van der Waals surface area contributed by atoms with Crippen LogP contribution in [0.5, 0.6) is 0 Å². The monoisotopic (exact) mass is 406 g/mol. The molecule has 2 aliphatic heterocycles. The first-order valence-corrected chi connectivity index (χ1v) is 11.2. The number of sulfone groups is 1. The Hall–Kier alpha value is -2.10. The highest BCUT2D eigenvalue weighted by atomic mass is 32.2. The van der Waals surface area contributed by atoms with Crippen molar-refractivity contribution in [3.8, 4) is 11.3 Å². The van der Waals surface area contributed by atoms with Crippen LogP contribution in [0.4, 0.5) is 4.39 Å². The maximum absolute atomic E-state index is 14.0. The van der Waals surface area contributed by atoms with Crippen LogP contribution in [0.25, 0.3) is 11.3 Å². The lowest BCUT2D eigenvalue weighted by atomic mass is 10.1. The summed E-state index contributed by atoms with van der Waals surface area (Å²) >= 11 is 0. The predicted molar refractivity (Wildman–Crippen MR) is 104 cm³/mol. The Morgan fingerprint density at radius 2 is 1.82 bits per heavy atom. The smallest absolute Gasteiger partial charge is 0.268 e. The van der Waals surface area contributed by atoms with E-state index in [2.05, 4.69) is 14.9 Å². The van der Waals surface area contributed by atoms with Crippen LogP contribution in [0.3, 0.4) is 0 Å². The van der Waals surface area contributed by atoms with E-state index in [9.17, 15) is 17.6 Å². The fourth-order valence-electron chi connectivity index (χ4n) is 3.89. The fraction of sp³-hybridized carbons (Fsp3) is 0.474.